The van der Waals surface area contributed by atoms with Crippen LogP contribution in [0, 0.1) is 11.3 Å². The molecule has 5 heteroatoms. The van der Waals surface area contributed by atoms with Crippen molar-refractivity contribution in [2.24, 2.45) is 0 Å². The molecule has 0 saturated heterocycles. The molecular formula is C8H5ClF2N2. The third-order valence-corrected chi connectivity index (χ3v) is 1.81. The second-order valence-electron chi connectivity index (χ2n) is 2.31. The number of aromatic nitrogens is 1. The summed E-state index contributed by atoms with van der Waals surface area (Å²) in [6.45, 7) is 0. The topological polar surface area (TPSA) is 36.7 Å². The molecule has 0 aliphatic rings. The summed E-state index contributed by atoms with van der Waals surface area (Å²) in [5.74, 6) is -0.0448. The lowest BCUT2D eigenvalue weighted by Crippen LogP contribution is -1.95. The Labute approximate surface area is 78.8 Å². The molecule has 1 heterocycles. The molecule has 0 spiro atoms. The maximum absolute atomic E-state index is 12.3. The van der Waals surface area contributed by atoms with E-state index >= 15 is 0 Å². The van der Waals surface area contributed by atoms with Gasteiger partial charge in [-0.25, -0.2) is 13.8 Å². The summed E-state index contributed by atoms with van der Waals surface area (Å²) in [4.78, 5) is 3.53. The molecule has 13 heavy (non-hydrogen) atoms. The van der Waals surface area contributed by atoms with Crippen molar-refractivity contribution < 1.29 is 8.78 Å². The van der Waals surface area contributed by atoms with Gasteiger partial charge in [-0.15, -0.1) is 11.6 Å². The summed E-state index contributed by atoms with van der Waals surface area (Å²) in [7, 11) is 0. The lowest BCUT2D eigenvalue weighted by Gasteiger charge is -2.04. The summed E-state index contributed by atoms with van der Waals surface area (Å²) in [5.41, 5.74) is 0.136. The van der Waals surface area contributed by atoms with Crippen LogP contribution in [-0.4, -0.2) is 4.98 Å². The monoisotopic (exact) mass is 202 g/mol. The van der Waals surface area contributed by atoms with E-state index in [1.54, 1.807) is 6.07 Å². The van der Waals surface area contributed by atoms with E-state index in [-0.39, 0.29) is 22.7 Å². The number of halogens is 3. The van der Waals surface area contributed by atoms with Gasteiger partial charge in [-0.2, -0.15) is 5.26 Å². The largest absolute Gasteiger partial charge is 0.265 e. The molecule has 0 saturated carbocycles. The van der Waals surface area contributed by atoms with E-state index in [0.717, 1.165) is 6.20 Å². The van der Waals surface area contributed by atoms with Crippen LogP contribution in [0.2, 0.25) is 0 Å². The second kappa shape index (κ2) is 4.15. The smallest absolute Gasteiger partial charge is 0.245 e. The number of alkyl halides is 3. The molecule has 0 bridgehead atoms. The van der Waals surface area contributed by atoms with E-state index in [4.69, 9.17) is 16.9 Å². The van der Waals surface area contributed by atoms with Crippen molar-refractivity contribution in [2.45, 2.75) is 12.3 Å². The first-order valence-electron chi connectivity index (χ1n) is 3.42. The number of rotatable bonds is 2. The van der Waals surface area contributed by atoms with Crippen LogP contribution in [-0.2, 0) is 5.88 Å². The summed E-state index contributed by atoms with van der Waals surface area (Å²) >= 11 is 5.43. The predicted molar refractivity (Wildman–Crippen MR) is 43.5 cm³/mol. The lowest BCUT2D eigenvalue weighted by molar-refractivity contribution is 0.150. The van der Waals surface area contributed by atoms with Crippen LogP contribution in [0.1, 0.15) is 23.2 Å². The fourth-order valence-corrected chi connectivity index (χ4v) is 1.11. The minimum atomic E-state index is -2.60. The highest BCUT2D eigenvalue weighted by Crippen LogP contribution is 2.23. The highest BCUT2D eigenvalue weighted by Gasteiger charge is 2.13. The van der Waals surface area contributed by atoms with Gasteiger partial charge in [0.15, 0.2) is 0 Å². The number of hydrogen-bond donors (Lipinski definition) is 0. The Morgan fingerprint density at radius 2 is 2.31 bits per heavy atom. The first-order valence-corrected chi connectivity index (χ1v) is 3.95. The summed E-state index contributed by atoms with van der Waals surface area (Å²) < 4.78 is 24.5. The molecule has 0 aliphatic heterocycles. The predicted octanol–water partition coefficient (Wildman–Crippen LogP) is 2.63. The normalized spacial score (nSPS) is 10.1. The van der Waals surface area contributed by atoms with E-state index in [1.807, 2.05) is 0 Å². The lowest BCUT2D eigenvalue weighted by atomic mass is 10.1. The van der Waals surface area contributed by atoms with E-state index in [1.165, 1.54) is 6.07 Å². The zero-order chi connectivity index (χ0) is 9.84. The van der Waals surface area contributed by atoms with Gasteiger partial charge < -0.3 is 0 Å². The number of nitrogens with zero attached hydrogens (tertiary/aromatic N) is 2. The maximum atomic E-state index is 12.3. The molecular weight excluding hydrogens is 198 g/mol. The summed E-state index contributed by atoms with van der Waals surface area (Å²) in [6, 6.07) is 3.03. The van der Waals surface area contributed by atoms with Crippen molar-refractivity contribution >= 4 is 11.6 Å². The van der Waals surface area contributed by atoms with Gasteiger partial charge in [-0.3, -0.25) is 0 Å². The first kappa shape index (κ1) is 9.87. The van der Waals surface area contributed by atoms with Crippen LogP contribution in [0.4, 0.5) is 8.78 Å². The average molecular weight is 203 g/mol. The Kier molecular flexibility index (Phi) is 3.15. The standard InChI is InChI=1S/C8H5ClF2N2/c9-2-5-1-6(3-12)13-4-7(5)8(10)11/h1,4,8H,2H2. The Bertz CT molecular complexity index is 346. The van der Waals surface area contributed by atoms with Crippen LogP contribution < -0.4 is 0 Å². The summed E-state index contributed by atoms with van der Waals surface area (Å²) in [6.07, 6.45) is -1.62. The zero-order valence-corrected chi connectivity index (χ0v) is 7.22. The van der Waals surface area contributed by atoms with E-state index in [0.29, 0.717) is 0 Å². The molecule has 0 aliphatic carbocycles. The molecule has 1 aromatic heterocycles. The van der Waals surface area contributed by atoms with Crippen LogP contribution >= 0.6 is 11.6 Å². The number of nitriles is 1. The fourth-order valence-electron chi connectivity index (χ4n) is 0.881. The molecule has 0 amide bonds. The van der Waals surface area contributed by atoms with Gasteiger partial charge in [0.05, 0.1) is 0 Å². The van der Waals surface area contributed by atoms with E-state index in [2.05, 4.69) is 4.98 Å². The van der Waals surface area contributed by atoms with Gasteiger partial charge in [0.1, 0.15) is 11.8 Å². The third-order valence-electron chi connectivity index (χ3n) is 1.52. The molecule has 0 unspecified atom stereocenters. The van der Waals surface area contributed by atoms with Gasteiger partial charge in [0.25, 0.3) is 6.43 Å². The fraction of sp³-hybridized carbons (Fsp3) is 0.250. The molecule has 0 radical (unpaired) electrons. The minimum Gasteiger partial charge on any atom is -0.245 e. The van der Waals surface area contributed by atoms with Crippen LogP contribution in [0.5, 0.6) is 0 Å². The quantitative estimate of drug-likeness (QED) is 0.692. The highest BCUT2D eigenvalue weighted by atomic mass is 35.5. The molecule has 1 rings (SSSR count). The molecule has 68 valence electrons. The van der Waals surface area contributed by atoms with Gasteiger partial charge in [-0.1, -0.05) is 0 Å². The van der Waals surface area contributed by atoms with Gasteiger partial charge in [0.2, 0.25) is 0 Å². The molecule has 0 atom stereocenters. The van der Waals surface area contributed by atoms with Crippen molar-refractivity contribution in [1.29, 1.82) is 5.26 Å². The number of pyridine rings is 1. The Morgan fingerprint density at radius 1 is 1.62 bits per heavy atom. The van der Waals surface area contributed by atoms with Gasteiger partial charge >= 0.3 is 0 Å². The van der Waals surface area contributed by atoms with Gasteiger partial charge in [0, 0.05) is 17.6 Å². The summed E-state index contributed by atoms with van der Waals surface area (Å²) in [5, 5.41) is 8.44. The van der Waals surface area contributed by atoms with Gasteiger partial charge in [-0.05, 0) is 11.6 Å². The Hall–Kier alpha value is -1.21. The van der Waals surface area contributed by atoms with Crippen LogP contribution in [0.25, 0.3) is 0 Å². The van der Waals surface area contributed by atoms with Crippen molar-refractivity contribution in [3.05, 3.63) is 29.1 Å². The Balaban J connectivity index is 3.17. The zero-order valence-electron chi connectivity index (χ0n) is 6.47. The van der Waals surface area contributed by atoms with Crippen molar-refractivity contribution in [3.63, 3.8) is 0 Å². The molecule has 0 aromatic carbocycles. The average Bonchev–Trinajstić information content (AvgIpc) is 2.16. The minimum absolute atomic E-state index is 0.0448. The molecule has 0 N–H and O–H groups in total. The van der Waals surface area contributed by atoms with Crippen LogP contribution in [0.15, 0.2) is 12.3 Å². The third kappa shape index (κ3) is 2.13. The number of hydrogen-bond acceptors (Lipinski definition) is 2. The molecule has 1 aromatic rings. The van der Waals surface area contributed by atoms with Crippen molar-refractivity contribution in [1.82, 2.24) is 4.98 Å². The second-order valence-corrected chi connectivity index (χ2v) is 2.58. The van der Waals surface area contributed by atoms with E-state index < -0.39 is 6.43 Å². The SMILES string of the molecule is N#Cc1cc(CCl)c(C(F)F)cn1. The maximum Gasteiger partial charge on any atom is 0.265 e. The highest BCUT2D eigenvalue weighted by molar-refractivity contribution is 6.17. The molecule has 2 nitrogen and oxygen atoms in total. The van der Waals surface area contributed by atoms with Crippen molar-refractivity contribution in [3.8, 4) is 6.07 Å². The first-order chi connectivity index (χ1) is 6.19. The van der Waals surface area contributed by atoms with Crippen molar-refractivity contribution in [2.75, 3.05) is 0 Å². The van der Waals surface area contributed by atoms with Crippen LogP contribution in [0.3, 0.4) is 0 Å². The molecule has 0 fully saturated rings. The Morgan fingerprint density at radius 3 is 2.77 bits per heavy atom. The van der Waals surface area contributed by atoms with E-state index in [9.17, 15) is 8.78 Å².